The predicted molar refractivity (Wildman–Crippen MR) is 138 cm³/mol. The zero-order valence-electron chi connectivity index (χ0n) is 20.1. The SMILES string of the molecule is Cc1cc(C2C3=CCC4C(=O)N(Cc5cccs5)C(=O)C4C3CC3(Cl)C(=O)N(C)C(=O)C23Cl)ccc1O. The molecule has 2 aromatic rings. The maximum atomic E-state index is 13.8. The van der Waals surface area contributed by atoms with Gasteiger partial charge in [0, 0.05) is 17.8 Å². The van der Waals surface area contributed by atoms with Gasteiger partial charge in [0.1, 0.15) is 5.75 Å². The molecule has 6 atom stereocenters. The largest absolute Gasteiger partial charge is 0.508 e. The summed E-state index contributed by atoms with van der Waals surface area (Å²) in [5.74, 6) is -4.25. The van der Waals surface area contributed by atoms with Crippen LogP contribution in [0.3, 0.4) is 0 Å². The molecule has 4 amide bonds. The lowest BCUT2D eigenvalue weighted by Gasteiger charge is -2.50. The standard InChI is InChI=1S/C27H24Cl2N2O5S/c1-13-10-14(5-8-19(13)32)21-16-6-7-17-20(23(34)31(22(17)33)12-15-4-3-9-37-15)18(16)11-26(28)24(35)30(2)25(36)27(21,26)29/h3-6,8-10,17-18,20-21,32H,7,11-12H2,1-2H3. The summed E-state index contributed by atoms with van der Waals surface area (Å²) >= 11 is 15.8. The molecule has 7 nitrogen and oxygen atoms in total. The van der Waals surface area contributed by atoms with E-state index < -0.39 is 45.2 Å². The van der Waals surface area contributed by atoms with Gasteiger partial charge in [-0.25, -0.2) is 0 Å². The summed E-state index contributed by atoms with van der Waals surface area (Å²) in [5.41, 5.74) is 1.94. The van der Waals surface area contributed by atoms with E-state index in [2.05, 4.69) is 0 Å². The quantitative estimate of drug-likeness (QED) is 0.349. The van der Waals surface area contributed by atoms with Gasteiger partial charge in [-0.15, -0.1) is 34.5 Å². The summed E-state index contributed by atoms with van der Waals surface area (Å²) in [6.07, 6.45) is 2.21. The van der Waals surface area contributed by atoms with E-state index in [-0.39, 0.29) is 30.5 Å². The van der Waals surface area contributed by atoms with E-state index in [1.807, 2.05) is 23.6 Å². The molecule has 37 heavy (non-hydrogen) atoms. The molecule has 6 rings (SSSR count). The highest BCUT2D eigenvalue weighted by Gasteiger charge is 2.75. The predicted octanol–water partition coefficient (Wildman–Crippen LogP) is 3.95. The number of halogens is 2. The molecule has 4 aliphatic rings. The van der Waals surface area contributed by atoms with Crippen molar-refractivity contribution in [2.24, 2.45) is 17.8 Å². The fourth-order valence-electron chi connectivity index (χ4n) is 6.76. The van der Waals surface area contributed by atoms with Crippen molar-refractivity contribution in [2.75, 3.05) is 7.05 Å². The summed E-state index contributed by atoms with van der Waals surface area (Å²) in [4.78, 5) is 53.7. The van der Waals surface area contributed by atoms with Crippen LogP contribution >= 0.6 is 34.5 Å². The van der Waals surface area contributed by atoms with Crippen LogP contribution < -0.4 is 0 Å². The zero-order valence-corrected chi connectivity index (χ0v) is 22.4. The van der Waals surface area contributed by atoms with Crippen LogP contribution in [0.4, 0.5) is 0 Å². The summed E-state index contributed by atoms with van der Waals surface area (Å²) in [7, 11) is 1.37. The number of phenols is 1. The smallest absolute Gasteiger partial charge is 0.253 e. The molecule has 0 radical (unpaired) electrons. The minimum atomic E-state index is -1.82. The van der Waals surface area contributed by atoms with Crippen LogP contribution in [0.5, 0.6) is 5.75 Å². The van der Waals surface area contributed by atoms with E-state index in [1.165, 1.54) is 29.4 Å². The Kier molecular flexibility index (Phi) is 5.43. The van der Waals surface area contributed by atoms with Gasteiger partial charge >= 0.3 is 0 Å². The number of likely N-dealkylation sites (tertiary alicyclic amines) is 2. The van der Waals surface area contributed by atoms with Gasteiger partial charge in [-0.3, -0.25) is 29.0 Å². The van der Waals surface area contributed by atoms with Gasteiger partial charge in [0.25, 0.3) is 11.8 Å². The van der Waals surface area contributed by atoms with Crippen LogP contribution in [0.25, 0.3) is 0 Å². The maximum absolute atomic E-state index is 13.8. The molecule has 1 saturated carbocycles. The number of rotatable bonds is 3. The summed E-state index contributed by atoms with van der Waals surface area (Å²) < 4.78 is 0. The van der Waals surface area contributed by atoms with Crippen molar-refractivity contribution in [1.82, 2.24) is 9.80 Å². The molecule has 0 bridgehead atoms. The van der Waals surface area contributed by atoms with E-state index in [4.69, 9.17) is 23.2 Å². The van der Waals surface area contributed by atoms with Crippen molar-refractivity contribution < 1.29 is 24.3 Å². The summed E-state index contributed by atoms with van der Waals surface area (Å²) in [6, 6.07) is 8.69. The highest BCUT2D eigenvalue weighted by atomic mass is 35.5. The van der Waals surface area contributed by atoms with Gasteiger partial charge in [0.15, 0.2) is 9.75 Å². The molecule has 1 aromatic heterocycles. The van der Waals surface area contributed by atoms with E-state index >= 15 is 0 Å². The number of alkyl halides is 2. The second-order valence-corrected chi connectivity index (χ2v) is 12.7. The van der Waals surface area contributed by atoms with Crippen LogP contribution in [0.15, 0.2) is 47.4 Å². The first-order valence-corrected chi connectivity index (χ1v) is 13.7. The minimum absolute atomic E-state index is 0.0284. The zero-order chi connectivity index (χ0) is 26.4. The van der Waals surface area contributed by atoms with Gasteiger partial charge in [0.2, 0.25) is 11.8 Å². The van der Waals surface area contributed by atoms with E-state index in [1.54, 1.807) is 19.1 Å². The fourth-order valence-corrected chi connectivity index (χ4v) is 8.47. The molecular formula is C27H24Cl2N2O5S. The lowest BCUT2D eigenvalue weighted by Crippen LogP contribution is -2.60. The molecule has 1 aromatic carbocycles. The van der Waals surface area contributed by atoms with Crippen LogP contribution in [-0.4, -0.2) is 55.3 Å². The molecule has 2 saturated heterocycles. The summed E-state index contributed by atoms with van der Waals surface area (Å²) in [5, 5.41) is 12.0. The number of hydrogen-bond donors (Lipinski definition) is 1. The third-order valence-corrected chi connectivity index (χ3v) is 10.8. The molecule has 1 N–H and O–H groups in total. The number of aromatic hydroxyl groups is 1. The number of carbonyl (C=O) groups is 4. The number of hydrogen-bond acceptors (Lipinski definition) is 6. The molecule has 6 unspecified atom stereocenters. The van der Waals surface area contributed by atoms with Crippen LogP contribution in [0.2, 0.25) is 0 Å². The average molecular weight is 559 g/mol. The van der Waals surface area contributed by atoms with E-state index in [9.17, 15) is 24.3 Å². The number of phenolic OH excluding ortho intramolecular Hbond substituents is 1. The number of allylic oxidation sites excluding steroid dienone is 2. The van der Waals surface area contributed by atoms with Crippen molar-refractivity contribution in [2.45, 2.75) is 42.0 Å². The fraction of sp³-hybridized carbons (Fsp3) is 0.407. The number of carbonyl (C=O) groups excluding carboxylic acids is 4. The first-order chi connectivity index (χ1) is 17.5. The van der Waals surface area contributed by atoms with E-state index in [0.717, 1.165) is 15.4 Å². The maximum Gasteiger partial charge on any atom is 0.253 e. The van der Waals surface area contributed by atoms with Gasteiger partial charge in [-0.05, 0) is 54.3 Å². The normalized spacial score (nSPS) is 35.0. The molecule has 3 heterocycles. The number of amides is 4. The Morgan fingerprint density at radius 2 is 1.84 bits per heavy atom. The molecule has 3 fully saturated rings. The number of imide groups is 2. The van der Waals surface area contributed by atoms with Gasteiger partial charge in [0.05, 0.1) is 18.4 Å². The number of aryl methyl sites for hydroxylation is 1. The molecule has 10 heteroatoms. The Bertz CT molecular complexity index is 1410. The van der Waals surface area contributed by atoms with Crippen molar-refractivity contribution in [3.8, 4) is 5.75 Å². The molecule has 192 valence electrons. The average Bonchev–Trinajstić information content (AvgIpc) is 3.50. The van der Waals surface area contributed by atoms with Crippen LogP contribution in [-0.2, 0) is 25.7 Å². The van der Waals surface area contributed by atoms with Crippen molar-refractivity contribution in [3.05, 3.63) is 63.4 Å². The van der Waals surface area contributed by atoms with Gasteiger partial charge < -0.3 is 5.11 Å². The highest BCUT2D eigenvalue weighted by molar-refractivity contribution is 7.09. The lowest BCUT2D eigenvalue weighted by molar-refractivity contribution is -0.141. The van der Waals surface area contributed by atoms with E-state index in [0.29, 0.717) is 17.5 Å². The first kappa shape index (κ1) is 24.6. The highest BCUT2D eigenvalue weighted by Crippen LogP contribution is 2.65. The third kappa shape index (κ3) is 3.12. The van der Waals surface area contributed by atoms with Crippen molar-refractivity contribution in [3.63, 3.8) is 0 Å². The Hall–Kier alpha value is -2.68. The summed E-state index contributed by atoms with van der Waals surface area (Å²) in [6.45, 7) is 1.94. The first-order valence-electron chi connectivity index (χ1n) is 12.1. The lowest BCUT2D eigenvalue weighted by atomic mass is 9.56. The molecule has 2 aliphatic heterocycles. The Morgan fingerprint density at radius 1 is 1.08 bits per heavy atom. The Morgan fingerprint density at radius 3 is 2.51 bits per heavy atom. The van der Waals surface area contributed by atoms with Crippen molar-refractivity contribution >= 4 is 58.2 Å². The Labute approximate surface area is 227 Å². The third-order valence-electron chi connectivity index (χ3n) is 8.55. The van der Waals surface area contributed by atoms with Crippen LogP contribution in [0.1, 0.15) is 34.8 Å². The Balaban J connectivity index is 1.49. The number of benzene rings is 1. The van der Waals surface area contributed by atoms with Crippen molar-refractivity contribution in [1.29, 1.82) is 0 Å². The minimum Gasteiger partial charge on any atom is -0.508 e. The topological polar surface area (TPSA) is 95.0 Å². The second kappa shape index (κ2) is 8.16. The van der Waals surface area contributed by atoms with Crippen LogP contribution in [0, 0.1) is 24.7 Å². The second-order valence-electron chi connectivity index (χ2n) is 10.4. The molecule has 0 spiro atoms. The van der Waals surface area contributed by atoms with Gasteiger partial charge in [-0.2, -0.15) is 0 Å². The monoisotopic (exact) mass is 558 g/mol. The molecular weight excluding hydrogens is 535 g/mol. The van der Waals surface area contributed by atoms with Gasteiger partial charge in [-0.1, -0.05) is 29.8 Å². The number of thiophene rings is 1. The molecule has 2 aliphatic carbocycles. The number of fused-ring (bicyclic) bond motifs is 4. The number of nitrogens with zero attached hydrogens (tertiary/aromatic N) is 2.